The Bertz CT molecular complexity index is 698. The van der Waals surface area contributed by atoms with Crippen LogP contribution in [0.3, 0.4) is 0 Å². The molecule has 0 saturated heterocycles. The summed E-state index contributed by atoms with van der Waals surface area (Å²) in [4.78, 5) is 12.0. The van der Waals surface area contributed by atoms with E-state index in [1.807, 2.05) is 0 Å². The third kappa shape index (κ3) is 2.84. The number of fused-ring (bicyclic) bond motifs is 1. The lowest BCUT2D eigenvalue weighted by molar-refractivity contribution is -0.115. The summed E-state index contributed by atoms with van der Waals surface area (Å²) in [5.74, 6) is 0.545. The van der Waals surface area contributed by atoms with Gasteiger partial charge < -0.3 is 25.0 Å². The molecule has 0 spiro atoms. The summed E-state index contributed by atoms with van der Waals surface area (Å²) in [5.41, 5.74) is 1.20. The predicted molar refractivity (Wildman–Crippen MR) is 74.7 cm³/mol. The third-order valence-corrected chi connectivity index (χ3v) is 3.06. The predicted octanol–water partition coefficient (Wildman–Crippen LogP) is 2.01. The van der Waals surface area contributed by atoms with Gasteiger partial charge in [0.1, 0.15) is 0 Å². The number of carbonyl (C=O) groups excluding carboxylic acids is 1. The maximum Gasteiger partial charge on any atom is 0.231 e. The molecule has 108 valence electrons. The molecule has 1 amide bonds. The summed E-state index contributed by atoms with van der Waals surface area (Å²) >= 11 is 0. The van der Waals surface area contributed by atoms with Crippen LogP contribution in [0.1, 0.15) is 5.56 Å². The fourth-order valence-electron chi connectivity index (χ4n) is 2.04. The number of nitrogens with one attached hydrogen (secondary N) is 1. The Hall–Kier alpha value is -2.89. The first kappa shape index (κ1) is 13.1. The summed E-state index contributed by atoms with van der Waals surface area (Å²) in [7, 11) is 0. The van der Waals surface area contributed by atoms with Gasteiger partial charge in [-0.3, -0.25) is 4.79 Å². The maximum atomic E-state index is 12.0. The molecule has 6 nitrogen and oxygen atoms in total. The van der Waals surface area contributed by atoms with Crippen molar-refractivity contribution in [1.29, 1.82) is 0 Å². The topological polar surface area (TPSA) is 88.0 Å². The van der Waals surface area contributed by atoms with E-state index in [4.69, 9.17) is 9.47 Å². The number of phenolic OH excluding ortho intramolecular Hbond substituents is 2. The molecule has 0 atom stereocenters. The van der Waals surface area contributed by atoms with Gasteiger partial charge in [-0.2, -0.15) is 0 Å². The number of hydrogen-bond acceptors (Lipinski definition) is 5. The maximum absolute atomic E-state index is 12.0. The van der Waals surface area contributed by atoms with Gasteiger partial charge in [0.05, 0.1) is 6.42 Å². The molecule has 0 aliphatic carbocycles. The van der Waals surface area contributed by atoms with Crippen LogP contribution in [0.2, 0.25) is 0 Å². The molecule has 21 heavy (non-hydrogen) atoms. The summed E-state index contributed by atoms with van der Waals surface area (Å²) in [5, 5.41) is 21.4. The molecule has 0 bridgehead atoms. The van der Waals surface area contributed by atoms with E-state index in [0.717, 1.165) is 0 Å². The zero-order valence-corrected chi connectivity index (χ0v) is 11.0. The molecule has 2 aromatic rings. The average Bonchev–Trinajstić information content (AvgIpc) is 2.90. The number of rotatable bonds is 3. The van der Waals surface area contributed by atoms with E-state index >= 15 is 0 Å². The van der Waals surface area contributed by atoms with E-state index in [0.29, 0.717) is 22.7 Å². The zero-order chi connectivity index (χ0) is 14.8. The Balaban J connectivity index is 1.67. The first-order chi connectivity index (χ1) is 10.1. The Morgan fingerprint density at radius 1 is 1.05 bits per heavy atom. The SMILES string of the molecule is O=C(Cc1ccc(O)c(O)c1)Nc1ccc2c(c1)OCO2. The second-order valence-corrected chi connectivity index (χ2v) is 4.62. The van der Waals surface area contributed by atoms with Crippen molar-refractivity contribution in [3.8, 4) is 23.0 Å². The molecule has 6 heteroatoms. The van der Waals surface area contributed by atoms with Crippen LogP contribution in [0.25, 0.3) is 0 Å². The number of benzene rings is 2. The molecule has 3 rings (SSSR count). The number of ether oxygens (including phenoxy) is 2. The molecule has 1 heterocycles. The molecule has 3 N–H and O–H groups in total. The highest BCUT2D eigenvalue weighted by Gasteiger charge is 2.14. The average molecular weight is 287 g/mol. The lowest BCUT2D eigenvalue weighted by Crippen LogP contribution is -2.14. The van der Waals surface area contributed by atoms with Gasteiger partial charge in [-0.05, 0) is 29.8 Å². The van der Waals surface area contributed by atoms with Gasteiger partial charge in [0.25, 0.3) is 0 Å². The van der Waals surface area contributed by atoms with E-state index in [9.17, 15) is 15.0 Å². The Kier molecular flexibility index (Phi) is 3.27. The van der Waals surface area contributed by atoms with Crippen LogP contribution in [-0.4, -0.2) is 22.9 Å². The van der Waals surface area contributed by atoms with Gasteiger partial charge in [0, 0.05) is 11.8 Å². The van der Waals surface area contributed by atoms with Crippen molar-refractivity contribution < 1.29 is 24.5 Å². The van der Waals surface area contributed by atoms with Gasteiger partial charge in [-0.1, -0.05) is 6.07 Å². The number of anilines is 1. The molecule has 0 aromatic heterocycles. The number of phenols is 2. The van der Waals surface area contributed by atoms with Crippen molar-refractivity contribution in [2.75, 3.05) is 12.1 Å². The minimum absolute atomic E-state index is 0.0856. The highest BCUT2D eigenvalue weighted by Crippen LogP contribution is 2.34. The van der Waals surface area contributed by atoms with Crippen LogP contribution in [0.15, 0.2) is 36.4 Å². The van der Waals surface area contributed by atoms with Gasteiger partial charge in [0.2, 0.25) is 12.7 Å². The Morgan fingerprint density at radius 3 is 2.67 bits per heavy atom. The summed E-state index contributed by atoms with van der Waals surface area (Å²) in [6, 6.07) is 9.42. The number of hydrogen-bond donors (Lipinski definition) is 3. The smallest absolute Gasteiger partial charge is 0.231 e. The molecule has 1 aliphatic rings. The van der Waals surface area contributed by atoms with Crippen LogP contribution in [-0.2, 0) is 11.2 Å². The largest absolute Gasteiger partial charge is 0.504 e. The van der Waals surface area contributed by atoms with Gasteiger partial charge in [0.15, 0.2) is 23.0 Å². The minimum Gasteiger partial charge on any atom is -0.504 e. The zero-order valence-electron chi connectivity index (χ0n) is 11.0. The summed E-state index contributed by atoms with van der Waals surface area (Å²) in [6.45, 7) is 0.180. The number of amides is 1. The highest BCUT2D eigenvalue weighted by atomic mass is 16.7. The first-order valence-corrected chi connectivity index (χ1v) is 6.32. The second kappa shape index (κ2) is 5.24. The molecular formula is C15H13NO5. The quantitative estimate of drug-likeness (QED) is 0.752. The molecule has 1 aliphatic heterocycles. The molecule has 2 aromatic carbocycles. The van der Waals surface area contributed by atoms with E-state index in [2.05, 4.69) is 5.32 Å². The highest BCUT2D eigenvalue weighted by molar-refractivity contribution is 5.92. The number of carbonyl (C=O) groups is 1. The van der Waals surface area contributed by atoms with E-state index < -0.39 is 0 Å². The van der Waals surface area contributed by atoms with Crippen molar-refractivity contribution in [1.82, 2.24) is 0 Å². The van der Waals surface area contributed by atoms with Crippen LogP contribution >= 0.6 is 0 Å². The summed E-state index contributed by atoms with van der Waals surface area (Å²) < 4.78 is 10.4. The lowest BCUT2D eigenvalue weighted by atomic mass is 10.1. The van der Waals surface area contributed by atoms with Crippen molar-refractivity contribution in [2.24, 2.45) is 0 Å². The van der Waals surface area contributed by atoms with E-state index in [-0.39, 0.29) is 30.6 Å². The van der Waals surface area contributed by atoms with Crippen molar-refractivity contribution >= 4 is 11.6 Å². The summed E-state index contributed by atoms with van der Waals surface area (Å²) in [6.07, 6.45) is 0.0856. The monoisotopic (exact) mass is 287 g/mol. The van der Waals surface area contributed by atoms with Crippen LogP contribution < -0.4 is 14.8 Å². The van der Waals surface area contributed by atoms with Crippen LogP contribution in [0.4, 0.5) is 5.69 Å². The fraction of sp³-hybridized carbons (Fsp3) is 0.133. The van der Waals surface area contributed by atoms with Crippen molar-refractivity contribution in [3.05, 3.63) is 42.0 Å². The first-order valence-electron chi connectivity index (χ1n) is 6.32. The van der Waals surface area contributed by atoms with Crippen molar-refractivity contribution in [3.63, 3.8) is 0 Å². The molecule has 0 unspecified atom stereocenters. The Morgan fingerprint density at radius 2 is 1.86 bits per heavy atom. The standard InChI is InChI=1S/C15H13NO5/c17-11-3-1-9(5-12(11)18)6-15(19)16-10-2-4-13-14(7-10)21-8-20-13/h1-5,7,17-18H,6,8H2,(H,16,19). The number of aromatic hydroxyl groups is 2. The van der Waals surface area contributed by atoms with Gasteiger partial charge in [-0.25, -0.2) is 0 Å². The molecule has 0 saturated carbocycles. The van der Waals surface area contributed by atoms with Crippen molar-refractivity contribution in [2.45, 2.75) is 6.42 Å². The second-order valence-electron chi connectivity index (χ2n) is 4.62. The third-order valence-electron chi connectivity index (χ3n) is 3.06. The molecule has 0 fully saturated rings. The van der Waals surface area contributed by atoms with Crippen LogP contribution in [0.5, 0.6) is 23.0 Å². The van der Waals surface area contributed by atoms with Gasteiger partial charge in [-0.15, -0.1) is 0 Å². The van der Waals surface area contributed by atoms with Crippen LogP contribution in [0, 0.1) is 0 Å². The fourth-order valence-corrected chi connectivity index (χ4v) is 2.04. The van der Waals surface area contributed by atoms with Gasteiger partial charge >= 0.3 is 0 Å². The van der Waals surface area contributed by atoms with E-state index in [1.165, 1.54) is 12.1 Å². The Labute approximate surface area is 120 Å². The lowest BCUT2D eigenvalue weighted by Gasteiger charge is -2.07. The minimum atomic E-state index is -0.247. The molecular weight excluding hydrogens is 274 g/mol. The van der Waals surface area contributed by atoms with E-state index in [1.54, 1.807) is 24.3 Å². The normalized spacial score (nSPS) is 12.2. The molecule has 0 radical (unpaired) electrons.